The fourth-order valence-corrected chi connectivity index (χ4v) is 2.41. The van der Waals surface area contributed by atoms with Gasteiger partial charge in [-0.15, -0.1) is 10.2 Å². The summed E-state index contributed by atoms with van der Waals surface area (Å²) in [5.41, 5.74) is 1.90. The Morgan fingerprint density at radius 3 is 2.64 bits per heavy atom. The topological polar surface area (TPSA) is 76.2 Å². The van der Waals surface area contributed by atoms with Crippen LogP contribution >= 0.6 is 0 Å². The zero-order valence-corrected chi connectivity index (χ0v) is 13.9. The predicted molar refractivity (Wildman–Crippen MR) is 90.0 cm³/mol. The molecule has 1 heterocycles. The molecule has 130 valence electrons. The summed E-state index contributed by atoms with van der Waals surface area (Å²) in [4.78, 5) is 1.99. The fourth-order valence-electron chi connectivity index (χ4n) is 2.41. The number of anilines is 1. The lowest BCUT2D eigenvalue weighted by molar-refractivity contribution is 0.296. The molecule has 1 N–H and O–H groups in total. The van der Waals surface area contributed by atoms with Crippen LogP contribution in [0.4, 0.5) is 10.1 Å². The van der Waals surface area contributed by atoms with Gasteiger partial charge in [-0.05, 0) is 29.8 Å². The van der Waals surface area contributed by atoms with Crippen molar-refractivity contribution in [2.24, 2.45) is 0 Å². The molecular weight excluding hydrogens is 325 g/mol. The lowest BCUT2D eigenvalue weighted by atomic mass is 10.2. The van der Waals surface area contributed by atoms with E-state index in [2.05, 4.69) is 20.6 Å². The van der Waals surface area contributed by atoms with Crippen LogP contribution in [0.15, 0.2) is 42.5 Å². The van der Waals surface area contributed by atoms with Crippen LogP contribution < -0.4 is 14.4 Å². The van der Waals surface area contributed by atoms with Gasteiger partial charge in [0.1, 0.15) is 17.3 Å². The molecule has 0 fully saturated rings. The van der Waals surface area contributed by atoms with Crippen molar-refractivity contribution < 1.29 is 13.9 Å². The maximum atomic E-state index is 13.3. The monoisotopic (exact) mass is 343 g/mol. The quantitative estimate of drug-likeness (QED) is 0.710. The molecule has 8 heteroatoms. The molecule has 0 aliphatic heterocycles. The predicted octanol–water partition coefficient (Wildman–Crippen LogP) is 2.56. The molecular formula is C17H18FN5O2. The van der Waals surface area contributed by atoms with Crippen molar-refractivity contribution in [3.05, 3.63) is 59.7 Å². The molecule has 3 aromatic rings. The van der Waals surface area contributed by atoms with Crippen LogP contribution in [0.2, 0.25) is 0 Å². The van der Waals surface area contributed by atoms with E-state index in [1.54, 1.807) is 6.07 Å². The maximum Gasteiger partial charge on any atom is 0.211 e. The van der Waals surface area contributed by atoms with E-state index in [1.165, 1.54) is 19.2 Å². The van der Waals surface area contributed by atoms with Crippen molar-refractivity contribution in [2.75, 3.05) is 19.1 Å². The van der Waals surface area contributed by atoms with Crippen molar-refractivity contribution in [3.8, 4) is 11.5 Å². The number of benzene rings is 2. The Morgan fingerprint density at radius 2 is 1.96 bits per heavy atom. The molecule has 0 aliphatic carbocycles. The molecule has 0 aliphatic rings. The SMILES string of the molecule is COc1cc(F)ccc1N(C)Cc1ccc(OCc2nn[nH]n2)cc1. The van der Waals surface area contributed by atoms with Crippen LogP contribution in [0, 0.1) is 5.82 Å². The number of rotatable bonds is 7. The number of nitrogens with zero attached hydrogens (tertiary/aromatic N) is 4. The van der Waals surface area contributed by atoms with Crippen LogP contribution in [0.3, 0.4) is 0 Å². The summed E-state index contributed by atoms with van der Waals surface area (Å²) in [6.45, 7) is 0.898. The number of methoxy groups -OCH3 is 1. The van der Waals surface area contributed by atoms with Gasteiger partial charge in [-0.3, -0.25) is 0 Å². The van der Waals surface area contributed by atoms with Crippen molar-refractivity contribution in [1.82, 2.24) is 20.6 Å². The summed E-state index contributed by atoms with van der Waals surface area (Å²) in [7, 11) is 3.46. The number of nitrogens with one attached hydrogen (secondary N) is 1. The van der Waals surface area contributed by atoms with Gasteiger partial charge in [-0.1, -0.05) is 17.3 Å². The molecule has 0 bridgehead atoms. The van der Waals surface area contributed by atoms with E-state index in [4.69, 9.17) is 9.47 Å². The first-order valence-electron chi connectivity index (χ1n) is 7.64. The van der Waals surface area contributed by atoms with Crippen molar-refractivity contribution in [1.29, 1.82) is 0 Å². The van der Waals surface area contributed by atoms with Crippen LogP contribution in [0.1, 0.15) is 11.4 Å². The van der Waals surface area contributed by atoms with Crippen molar-refractivity contribution in [2.45, 2.75) is 13.2 Å². The van der Waals surface area contributed by atoms with E-state index in [9.17, 15) is 4.39 Å². The molecule has 7 nitrogen and oxygen atoms in total. The van der Waals surface area contributed by atoms with E-state index in [1.807, 2.05) is 36.2 Å². The number of aromatic nitrogens is 4. The van der Waals surface area contributed by atoms with E-state index < -0.39 is 0 Å². The number of tetrazole rings is 1. The average Bonchev–Trinajstić information content (AvgIpc) is 3.14. The summed E-state index contributed by atoms with van der Waals surface area (Å²) in [6.07, 6.45) is 0. The summed E-state index contributed by atoms with van der Waals surface area (Å²) < 4.78 is 24.2. The molecule has 0 atom stereocenters. The Labute approximate surface area is 144 Å². The summed E-state index contributed by atoms with van der Waals surface area (Å²) in [5, 5.41) is 13.5. The molecule has 0 spiro atoms. The van der Waals surface area contributed by atoms with Crippen molar-refractivity contribution >= 4 is 5.69 Å². The minimum Gasteiger partial charge on any atom is -0.494 e. The van der Waals surface area contributed by atoms with Crippen LogP contribution in [-0.4, -0.2) is 34.8 Å². The Kier molecular flexibility index (Phi) is 5.08. The smallest absolute Gasteiger partial charge is 0.211 e. The highest BCUT2D eigenvalue weighted by molar-refractivity contribution is 5.58. The highest BCUT2D eigenvalue weighted by Crippen LogP contribution is 2.29. The molecule has 0 saturated carbocycles. The number of hydrogen-bond acceptors (Lipinski definition) is 6. The van der Waals surface area contributed by atoms with Gasteiger partial charge in [0.15, 0.2) is 6.61 Å². The highest BCUT2D eigenvalue weighted by Gasteiger charge is 2.10. The Morgan fingerprint density at radius 1 is 1.16 bits per heavy atom. The summed E-state index contributed by atoms with van der Waals surface area (Å²) in [6, 6.07) is 12.2. The Balaban J connectivity index is 1.62. The summed E-state index contributed by atoms with van der Waals surface area (Å²) in [5.74, 6) is 1.39. The minimum atomic E-state index is -0.322. The number of H-pyrrole nitrogens is 1. The lowest BCUT2D eigenvalue weighted by Gasteiger charge is -2.22. The second-order valence-electron chi connectivity index (χ2n) is 5.43. The molecule has 3 rings (SSSR count). The second-order valence-corrected chi connectivity index (χ2v) is 5.43. The van der Waals surface area contributed by atoms with Crippen molar-refractivity contribution in [3.63, 3.8) is 0 Å². The number of hydrogen-bond donors (Lipinski definition) is 1. The van der Waals surface area contributed by atoms with Gasteiger partial charge in [-0.25, -0.2) is 4.39 Å². The summed E-state index contributed by atoms with van der Waals surface area (Å²) >= 11 is 0. The first-order chi connectivity index (χ1) is 12.2. The standard InChI is InChI=1S/C17H18FN5O2/c1-23(15-8-5-13(18)9-16(15)24-2)10-12-3-6-14(7-4-12)25-11-17-19-21-22-20-17/h3-9H,10-11H2,1-2H3,(H,19,20,21,22). The first kappa shape index (κ1) is 16.7. The second kappa shape index (κ2) is 7.61. The van der Waals surface area contributed by atoms with E-state index >= 15 is 0 Å². The molecule has 0 radical (unpaired) electrons. The average molecular weight is 343 g/mol. The highest BCUT2D eigenvalue weighted by atomic mass is 19.1. The first-order valence-corrected chi connectivity index (χ1v) is 7.64. The zero-order valence-electron chi connectivity index (χ0n) is 13.9. The molecule has 0 amide bonds. The van der Waals surface area contributed by atoms with Crippen LogP contribution in [-0.2, 0) is 13.2 Å². The minimum absolute atomic E-state index is 0.253. The van der Waals surface area contributed by atoms with Gasteiger partial charge < -0.3 is 14.4 Å². The van der Waals surface area contributed by atoms with Gasteiger partial charge >= 0.3 is 0 Å². The molecule has 2 aromatic carbocycles. The zero-order chi connectivity index (χ0) is 17.6. The maximum absolute atomic E-state index is 13.3. The number of halogens is 1. The van der Waals surface area contributed by atoms with E-state index in [-0.39, 0.29) is 12.4 Å². The van der Waals surface area contributed by atoms with Gasteiger partial charge in [0.05, 0.1) is 12.8 Å². The van der Waals surface area contributed by atoms with Crippen LogP contribution in [0.5, 0.6) is 11.5 Å². The third-order valence-electron chi connectivity index (χ3n) is 3.65. The fraction of sp³-hybridized carbons (Fsp3) is 0.235. The number of aromatic amines is 1. The van der Waals surface area contributed by atoms with Crippen LogP contribution in [0.25, 0.3) is 0 Å². The van der Waals surface area contributed by atoms with Gasteiger partial charge in [0.2, 0.25) is 5.82 Å². The van der Waals surface area contributed by atoms with Gasteiger partial charge in [0, 0.05) is 19.7 Å². The third-order valence-corrected chi connectivity index (χ3v) is 3.65. The number of ether oxygens (including phenoxy) is 2. The van der Waals surface area contributed by atoms with E-state index in [0.29, 0.717) is 18.1 Å². The molecule has 0 unspecified atom stereocenters. The van der Waals surface area contributed by atoms with Gasteiger partial charge in [-0.2, -0.15) is 5.21 Å². The normalized spacial score (nSPS) is 10.5. The van der Waals surface area contributed by atoms with E-state index in [0.717, 1.165) is 17.0 Å². The molecule has 1 aromatic heterocycles. The lowest BCUT2D eigenvalue weighted by Crippen LogP contribution is -2.17. The Bertz CT molecular complexity index is 808. The molecule has 25 heavy (non-hydrogen) atoms. The molecule has 0 saturated heterocycles. The third kappa shape index (κ3) is 4.23. The van der Waals surface area contributed by atoms with Gasteiger partial charge in [0.25, 0.3) is 0 Å². The largest absolute Gasteiger partial charge is 0.494 e. The Hall–Kier alpha value is -3.16.